The number of ketones is 2. The van der Waals surface area contributed by atoms with E-state index in [2.05, 4.69) is 5.32 Å². The Morgan fingerprint density at radius 3 is 2.14 bits per heavy atom. The van der Waals surface area contributed by atoms with Crippen molar-refractivity contribution in [3.8, 4) is 0 Å². The maximum absolute atomic E-state index is 13.6. The van der Waals surface area contributed by atoms with Gasteiger partial charge in [0.05, 0.1) is 24.4 Å². The molecule has 144 valence electrons. The Morgan fingerprint density at radius 1 is 0.964 bits per heavy atom. The monoisotopic (exact) mass is 377 g/mol. The highest BCUT2D eigenvalue weighted by Crippen LogP contribution is 2.51. The van der Waals surface area contributed by atoms with Crippen LogP contribution in [0.2, 0.25) is 0 Å². The molecule has 1 aliphatic heterocycles. The minimum atomic E-state index is -1.14. The lowest BCUT2D eigenvalue weighted by Crippen LogP contribution is -2.44. The van der Waals surface area contributed by atoms with E-state index in [-0.39, 0.29) is 17.6 Å². The molecule has 1 saturated heterocycles. The van der Waals surface area contributed by atoms with Crippen LogP contribution in [0.1, 0.15) is 24.1 Å². The van der Waals surface area contributed by atoms with Crippen molar-refractivity contribution in [2.45, 2.75) is 25.4 Å². The van der Waals surface area contributed by atoms with Gasteiger partial charge < -0.3 is 4.74 Å². The zero-order valence-corrected chi connectivity index (χ0v) is 15.9. The molecule has 2 aromatic carbocycles. The summed E-state index contributed by atoms with van der Waals surface area (Å²) in [5.74, 6) is -2.06. The molecule has 2 aliphatic rings. The first kappa shape index (κ1) is 18.6. The summed E-state index contributed by atoms with van der Waals surface area (Å²) < 4.78 is 4.93. The third kappa shape index (κ3) is 2.78. The molecule has 0 radical (unpaired) electrons. The lowest BCUT2D eigenvalue weighted by molar-refractivity contribution is -0.146. The number of carbonyl (C=O) groups excluding carboxylic acids is 3. The lowest BCUT2D eigenvalue weighted by atomic mass is 9.78. The molecule has 0 unspecified atom stereocenters. The van der Waals surface area contributed by atoms with Gasteiger partial charge in [0, 0.05) is 6.04 Å². The maximum Gasteiger partial charge on any atom is 0.323 e. The second kappa shape index (κ2) is 6.99. The van der Waals surface area contributed by atoms with E-state index in [4.69, 9.17) is 4.74 Å². The first-order valence-corrected chi connectivity index (χ1v) is 9.49. The third-order valence-corrected chi connectivity index (χ3v) is 6.17. The van der Waals surface area contributed by atoms with Gasteiger partial charge in [0.15, 0.2) is 11.6 Å². The number of hydrogen-bond donors (Lipinski definition) is 1. The van der Waals surface area contributed by atoms with E-state index in [1.165, 1.54) is 7.11 Å². The van der Waals surface area contributed by atoms with Gasteiger partial charge in [-0.25, -0.2) is 0 Å². The van der Waals surface area contributed by atoms with Crippen LogP contribution in [-0.4, -0.2) is 30.7 Å². The van der Waals surface area contributed by atoms with E-state index >= 15 is 0 Å². The van der Waals surface area contributed by atoms with Gasteiger partial charge in [-0.15, -0.1) is 0 Å². The van der Waals surface area contributed by atoms with E-state index in [1.807, 2.05) is 60.7 Å². The Bertz CT molecular complexity index is 911. The second-order valence-corrected chi connectivity index (χ2v) is 7.83. The highest BCUT2D eigenvalue weighted by molar-refractivity contribution is 6.17. The highest BCUT2D eigenvalue weighted by atomic mass is 16.5. The third-order valence-electron chi connectivity index (χ3n) is 6.17. The summed E-state index contributed by atoms with van der Waals surface area (Å²) in [6, 6.07) is 17.9. The van der Waals surface area contributed by atoms with Crippen molar-refractivity contribution in [1.82, 2.24) is 5.32 Å². The minimum absolute atomic E-state index is 0.0980. The zero-order chi connectivity index (χ0) is 19.9. The molecular formula is C23H23NO4. The van der Waals surface area contributed by atoms with Gasteiger partial charge in [0.1, 0.15) is 6.04 Å². The average Bonchev–Trinajstić information content (AvgIpc) is 3.20. The molecule has 1 N–H and O–H groups in total. The molecule has 0 aromatic heterocycles. The van der Waals surface area contributed by atoms with Crippen molar-refractivity contribution < 1.29 is 19.1 Å². The number of methoxy groups -OCH3 is 1. The molecule has 0 spiro atoms. The van der Waals surface area contributed by atoms with Crippen LogP contribution in [0, 0.1) is 17.3 Å². The lowest BCUT2D eigenvalue weighted by Gasteiger charge is -2.26. The Labute approximate surface area is 164 Å². The van der Waals surface area contributed by atoms with Crippen LogP contribution in [0.4, 0.5) is 0 Å². The molecule has 5 atom stereocenters. The number of hydrogen-bond acceptors (Lipinski definition) is 5. The number of fused-ring (bicyclic) bond motifs is 1. The van der Waals surface area contributed by atoms with E-state index in [0.717, 1.165) is 11.1 Å². The first-order chi connectivity index (χ1) is 13.5. The smallest absolute Gasteiger partial charge is 0.323 e. The molecule has 0 bridgehead atoms. The van der Waals surface area contributed by atoms with Crippen molar-refractivity contribution in [2.24, 2.45) is 17.3 Å². The van der Waals surface area contributed by atoms with Gasteiger partial charge in [-0.2, -0.15) is 0 Å². The van der Waals surface area contributed by atoms with Crippen LogP contribution in [0.15, 0.2) is 60.7 Å². The first-order valence-electron chi connectivity index (χ1n) is 9.49. The normalized spacial score (nSPS) is 31.6. The fourth-order valence-corrected chi connectivity index (χ4v) is 4.79. The average molecular weight is 377 g/mol. The van der Waals surface area contributed by atoms with Gasteiger partial charge in [-0.3, -0.25) is 19.7 Å². The van der Waals surface area contributed by atoms with Crippen molar-refractivity contribution in [2.75, 3.05) is 7.11 Å². The summed E-state index contributed by atoms with van der Waals surface area (Å²) >= 11 is 0. The quantitative estimate of drug-likeness (QED) is 0.655. The number of carbonyl (C=O) groups is 3. The molecule has 2 fully saturated rings. The molecule has 5 heteroatoms. The Kier molecular flexibility index (Phi) is 4.63. The molecule has 0 amide bonds. The Morgan fingerprint density at radius 2 is 1.54 bits per heavy atom. The molecule has 1 heterocycles. The van der Waals surface area contributed by atoms with Crippen molar-refractivity contribution >= 4 is 17.5 Å². The van der Waals surface area contributed by atoms with Crippen LogP contribution in [0.5, 0.6) is 0 Å². The zero-order valence-electron chi connectivity index (χ0n) is 15.9. The highest BCUT2D eigenvalue weighted by Gasteiger charge is 2.66. The Hall–Kier alpha value is -2.79. The fraction of sp³-hybridized carbons (Fsp3) is 0.348. The van der Waals surface area contributed by atoms with E-state index < -0.39 is 29.3 Å². The summed E-state index contributed by atoms with van der Waals surface area (Å²) in [4.78, 5) is 39.4. The van der Waals surface area contributed by atoms with Crippen LogP contribution in [-0.2, 0) is 25.5 Å². The van der Waals surface area contributed by atoms with Crippen LogP contribution < -0.4 is 5.32 Å². The molecular weight excluding hydrogens is 354 g/mol. The van der Waals surface area contributed by atoms with Gasteiger partial charge in [0.2, 0.25) is 0 Å². The SMILES string of the molecule is COC(=O)[C@@H]1N[C@H](c2ccccc2)[C@@H]2C(=O)[C@@](C)(Cc3ccccc3)C(=O)[C@@H]21. The number of ether oxygens (including phenoxy) is 1. The van der Waals surface area contributed by atoms with E-state index in [9.17, 15) is 14.4 Å². The number of rotatable bonds is 4. The summed E-state index contributed by atoms with van der Waals surface area (Å²) in [6.45, 7) is 1.72. The summed E-state index contributed by atoms with van der Waals surface area (Å²) in [7, 11) is 1.30. The maximum atomic E-state index is 13.6. The molecule has 5 nitrogen and oxygen atoms in total. The predicted molar refractivity (Wildman–Crippen MR) is 103 cm³/mol. The molecule has 1 aliphatic carbocycles. The van der Waals surface area contributed by atoms with Crippen LogP contribution in [0.25, 0.3) is 0 Å². The fourth-order valence-electron chi connectivity index (χ4n) is 4.79. The largest absolute Gasteiger partial charge is 0.468 e. The van der Waals surface area contributed by atoms with Gasteiger partial charge >= 0.3 is 5.97 Å². The second-order valence-electron chi connectivity index (χ2n) is 7.83. The van der Waals surface area contributed by atoms with Crippen molar-refractivity contribution in [3.05, 3.63) is 71.8 Å². The number of nitrogens with one attached hydrogen (secondary N) is 1. The molecule has 4 rings (SSSR count). The molecule has 2 aromatic rings. The van der Waals surface area contributed by atoms with E-state index in [1.54, 1.807) is 6.92 Å². The summed E-state index contributed by atoms with van der Waals surface area (Å²) in [5, 5.41) is 3.21. The molecule has 1 saturated carbocycles. The molecule has 28 heavy (non-hydrogen) atoms. The van der Waals surface area contributed by atoms with Gasteiger partial charge in [0.25, 0.3) is 0 Å². The van der Waals surface area contributed by atoms with Crippen molar-refractivity contribution in [1.29, 1.82) is 0 Å². The van der Waals surface area contributed by atoms with Gasteiger partial charge in [-0.05, 0) is 24.5 Å². The predicted octanol–water partition coefficient (Wildman–Crippen LogP) is 2.51. The van der Waals surface area contributed by atoms with Gasteiger partial charge in [-0.1, -0.05) is 60.7 Å². The minimum Gasteiger partial charge on any atom is -0.468 e. The summed E-state index contributed by atoms with van der Waals surface area (Å²) in [6.07, 6.45) is 0.341. The number of benzene rings is 2. The van der Waals surface area contributed by atoms with Crippen molar-refractivity contribution in [3.63, 3.8) is 0 Å². The van der Waals surface area contributed by atoms with Crippen LogP contribution in [0.3, 0.4) is 0 Å². The van der Waals surface area contributed by atoms with E-state index in [0.29, 0.717) is 6.42 Å². The topological polar surface area (TPSA) is 72.5 Å². The standard InChI is InChI=1S/C23H23NO4/c1-23(13-14-9-5-3-6-10-14)20(25)16-17(21(23)26)19(22(27)28-2)24-18(16)15-11-7-4-8-12-15/h3-12,16-19,24H,13H2,1-2H3/t16-,17+,18-,19-,23-/m1/s1. The Balaban J connectivity index is 1.75. The number of Topliss-reactive ketones (excluding diaryl/α,β-unsaturated/α-hetero) is 2. The summed E-state index contributed by atoms with van der Waals surface area (Å²) in [5.41, 5.74) is 0.692. The number of esters is 1. The van der Waals surface area contributed by atoms with Crippen LogP contribution >= 0.6 is 0 Å².